The maximum absolute atomic E-state index is 12.3. The summed E-state index contributed by atoms with van der Waals surface area (Å²) >= 11 is 0. The minimum absolute atomic E-state index is 0.0637. The van der Waals surface area contributed by atoms with Gasteiger partial charge in [0.05, 0.1) is 16.8 Å². The number of aliphatic carboxylic acids is 1. The molecule has 0 amide bonds. The minimum Gasteiger partial charge on any atom is -0.475 e. The first kappa shape index (κ1) is 19.3. The van der Waals surface area contributed by atoms with Gasteiger partial charge in [-0.1, -0.05) is 36.4 Å². The standard InChI is InChI=1S/C23H22N2O3/c1-3-25(4-2)18-12-9-16(10-13-18)15-19(22(26)23(27)28)21-14-11-17-7-5-6-8-20(17)24-21/h5-15H,3-4H2,1-2H3,(H,27,28)/b19-15-. The SMILES string of the molecule is CCN(CC)c1ccc(/C=C(\C(=O)C(=O)O)c2ccc3ccccc3n2)cc1. The Morgan fingerprint density at radius 3 is 2.29 bits per heavy atom. The second-order valence-electron chi connectivity index (χ2n) is 6.35. The molecule has 28 heavy (non-hydrogen) atoms. The maximum Gasteiger partial charge on any atom is 0.377 e. The number of ketones is 1. The molecule has 5 nitrogen and oxygen atoms in total. The Morgan fingerprint density at radius 1 is 0.964 bits per heavy atom. The van der Waals surface area contributed by atoms with E-state index >= 15 is 0 Å². The van der Waals surface area contributed by atoms with Crippen LogP contribution < -0.4 is 4.90 Å². The van der Waals surface area contributed by atoms with Crippen LogP contribution in [0, 0.1) is 0 Å². The van der Waals surface area contributed by atoms with Gasteiger partial charge in [-0.3, -0.25) is 4.79 Å². The summed E-state index contributed by atoms with van der Waals surface area (Å²) in [7, 11) is 0. The molecule has 0 radical (unpaired) electrons. The number of para-hydroxylation sites is 1. The maximum atomic E-state index is 12.3. The number of carboxylic acids is 1. The first-order chi connectivity index (χ1) is 13.5. The molecule has 0 aliphatic rings. The summed E-state index contributed by atoms with van der Waals surface area (Å²) in [6.07, 6.45) is 1.58. The molecule has 1 heterocycles. The van der Waals surface area contributed by atoms with Gasteiger partial charge >= 0.3 is 5.97 Å². The molecule has 0 unspecified atom stereocenters. The molecule has 0 aliphatic carbocycles. The van der Waals surface area contributed by atoms with Gasteiger partial charge in [0.1, 0.15) is 0 Å². The lowest BCUT2D eigenvalue weighted by atomic mass is 10.0. The van der Waals surface area contributed by atoms with Crippen molar-refractivity contribution in [3.63, 3.8) is 0 Å². The number of rotatable bonds is 7. The number of pyridine rings is 1. The van der Waals surface area contributed by atoms with Gasteiger partial charge in [0, 0.05) is 24.2 Å². The zero-order valence-corrected chi connectivity index (χ0v) is 15.9. The van der Waals surface area contributed by atoms with Crippen LogP contribution in [0.25, 0.3) is 22.6 Å². The van der Waals surface area contributed by atoms with Gasteiger partial charge in [-0.2, -0.15) is 0 Å². The lowest BCUT2D eigenvalue weighted by Crippen LogP contribution is -2.21. The number of anilines is 1. The Labute approximate surface area is 163 Å². The molecular weight excluding hydrogens is 352 g/mol. The molecule has 3 rings (SSSR count). The van der Waals surface area contributed by atoms with Crippen molar-refractivity contribution >= 4 is 40.0 Å². The Kier molecular flexibility index (Phi) is 5.84. The van der Waals surface area contributed by atoms with Gasteiger partial charge in [-0.25, -0.2) is 9.78 Å². The topological polar surface area (TPSA) is 70.5 Å². The van der Waals surface area contributed by atoms with Gasteiger partial charge in [0.15, 0.2) is 0 Å². The van der Waals surface area contributed by atoms with Crippen LogP contribution in [0.5, 0.6) is 0 Å². The zero-order chi connectivity index (χ0) is 20.1. The summed E-state index contributed by atoms with van der Waals surface area (Å²) in [5, 5.41) is 10.2. The highest BCUT2D eigenvalue weighted by Gasteiger charge is 2.21. The van der Waals surface area contributed by atoms with E-state index in [9.17, 15) is 14.7 Å². The lowest BCUT2D eigenvalue weighted by Gasteiger charge is -2.20. The number of carbonyl (C=O) groups is 2. The molecule has 0 saturated carbocycles. The number of carboxylic acid groups (broad SMARTS) is 1. The van der Waals surface area contributed by atoms with Gasteiger partial charge < -0.3 is 10.0 Å². The number of carbonyl (C=O) groups excluding carboxylic acids is 1. The third kappa shape index (κ3) is 4.09. The van der Waals surface area contributed by atoms with E-state index < -0.39 is 11.8 Å². The van der Waals surface area contributed by atoms with Crippen LogP contribution in [0.4, 0.5) is 5.69 Å². The van der Waals surface area contributed by atoms with E-state index in [-0.39, 0.29) is 5.57 Å². The van der Waals surface area contributed by atoms with E-state index in [2.05, 4.69) is 23.7 Å². The second-order valence-corrected chi connectivity index (χ2v) is 6.35. The third-order valence-corrected chi connectivity index (χ3v) is 4.65. The smallest absolute Gasteiger partial charge is 0.377 e. The fourth-order valence-corrected chi connectivity index (χ4v) is 3.12. The molecule has 0 spiro atoms. The Morgan fingerprint density at radius 2 is 1.64 bits per heavy atom. The highest BCUT2D eigenvalue weighted by molar-refractivity contribution is 6.52. The fourth-order valence-electron chi connectivity index (χ4n) is 3.12. The Bertz CT molecular complexity index is 1040. The highest BCUT2D eigenvalue weighted by Crippen LogP contribution is 2.23. The van der Waals surface area contributed by atoms with Crippen molar-refractivity contribution in [3.8, 4) is 0 Å². The van der Waals surface area contributed by atoms with Crippen molar-refractivity contribution in [2.24, 2.45) is 0 Å². The number of hydrogen-bond donors (Lipinski definition) is 1. The molecular formula is C23H22N2O3. The van der Waals surface area contributed by atoms with Gasteiger partial charge in [0.2, 0.25) is 0 Å². The van der Waals surface area contributed by atoms with E-state index in [0.29, 0.717) is 11.2 Å². The second kappa shape index (κ2) is 8.48. The van der Waals surface area contributed by atoms with Crippen LogP contribution in [0.15, 0.2) is 60.7 Å². The molecule has 2 aromatic carbocycles. The van der Waals surface area contributed by atoms with Gasteiger partial charge in [-0.05, 0) is 49.8 Å². The number of nitrogens with zero attached hydrogens (tertiary/aromatic N) is 2. The predicted octanol–water partition coefficient (Wildman–Crippen LogP) is 4.28. The van der Waals surface area contributed by atoms with E-state index in [1.807, 2.05) is 54.6 Å². The summed E-state index contributed by atoms with van der Waals surface area (Å²) in [6, 6.07) is 18.7. The average Bonchev–Trinajstić information content (AvgIpc) is 2.73. The molecule has 0 bridgehead atoms. The Hall–Kier alpha value is -3.47. The van der Waals surface area contributed by atoms with Gasteiger partial charge in [0.25, 0.3) is 5.78 Å². The number of benzene rings is 2. The van der Waals surface area contributed by atoms with E-state index in [0.717, 1.165) is 29.7 Å². The first-order valence-electron chi connectivity index (χ1n) is 9.24. The molecule has 5 heteroatoms. The highest BCUT2D eigenvalue weighted by atomic mass is 16.4. The van der Waals surface area contributed by atoms with E-state index in [1.165, 1.54) is 0 Å². The molecule has 1 aromatic heterocycles. The molecule has 0 atom stereocenters. The average molecular weight is 374 g/mol. The number of aromatic nitrogens is 1. The van der Waals surface area contributed by atoms with Gasteiger partial charge in [-0.15, -0.1) is 0 Å². The Balaban J connectivity index is 2.04. The normalized spacial score (nSPS) is 11.4. The summed E-state index contributed by atoms with van der Waals surface area (Å²) in [5.74, 6) is -2.48. The van der Waals surface area contributed by atoms with Crippen molar-refractivity contribution < 1.29 is 14.7 Å². The largest absolute Gasteiger partial charge is 0.475 e. The van der Waals surface area contributed by atoms with Crippen LogP contribution >= 0.6 is 0 Å². The first-order valence-corrected chi connectivity index (χ1v) is 9.24. The van der Waals surface area contributed by atoms with Crippen LogP contribution in [0.1, 0.15) is 25.1 Å². The van der Waals surface area contributed by atoms with Crippen LogP contribution in [0.2, 0.25) is 0 Å². The van der Waals surface area contributed by atoms with Crippen molar-refractivity contribution in [2.45, 2.75) is 13.8 Å². The summed E-state index contributed by atoms with van der Waals surface area (Å²) < 4.78 is 0. The molecule has 0 saturated heterocycles. The fraction of sp³-hybridized carbons (Fsp3) is 0.174. The number of Topliss-reactive ketones (excluding diaryl/α,β-unsaturated/α-hetero) is 1. The van der Waals surface area contributed by atoms with Crippen LogP contribution in [-0.2, 0) is 9.59 Å². The van der Waals surface area contributed by atoms with Crippen molar-refractivity contribution in [1.29, 1.82) is 0 Å². The van der Waals surface area contributed by atoms with E-state index in [4.69, 9.17) is 0 Å². The summed E-state index contributed by atoms with van der Waals surface area (Å²) in [4.78, 5) is 30.4. The third-order valence-electron chi connectivity index (χ3n) is 4.65. The van der Waals surface area contributed by atoms with Crippen molar-refractivity contribution in [1.82, 2.24) is 4.98 Å². The molecule has 0 fully saturated rings. The lowest BCUT2D eigenvalue weighted by molar-refractivity contribution is -0.146. The van der Waals surface area contributed by atoms with Crippen LogP contribution in [0.3, 0.4) is 0 Å². The zero-order valence-electron chi connectivity index (χ0n) is 15.9. The molecule has 0 aliphatic heterocycles. The monoisotopic (exact) mass is 374 g/mol. The van der Waals surface area contributed by atoms with E-state index in [1.54, 1.807) is 12.1 Å². The van der Waals surface area contributed by atoms with Crippen LogP contribution in [-0.4, -0.2) is 34.9 Å². The molecule has 1 N–H and O–H groups in total. The minimum atomic E-state index is -1.50. The quantitative estimate of drug-likeness (QED) is 0.494. The van der Waals surface area contributed by atoms with Crippen molar-refractivity contribution in [3.05, 3.63) is 71.9 Å². The predicted molar refractivity (Wildman–Crippen MR) is 112 cm³/mol. The summed E-state index contributed by atoms with van der Waals surface area (Å²) in [6.45, 7) is 5.98. The number of fused-ring (bicyclic) bond motifs is 1. The summed E-state index contributed by atoms with van der Waals surface area (Å²) in [5.41, 5.74) is 2.95. The molecule has 3 aromatic rings. The molecule has 142 valence electrons. The number of hydrogen-bond acceptors (Lipinski definition) is 4. The van der Waals surface area contributed by atoms with Crippen molar-refractivity contribution in [2.75, 3.05) is 18.0 Å².